The van der Waals surface area contributed by atoms with Crippen LogP contribution in [-0.4, -0.2) is 19.3 Å². The Bertz CT molecular complexity index is 656. The Morgan fingerprint density at radius 2 is 1.90 bits per heavy atom. The Morgan fingerprint density at radius 1 is 1.15 bits per heavy atom. The van der Waals surface area contributed by atoms with Gasteiger partial charge in [-0.05, 0) is 46.6 Å². The molecule has 1 aromatic heterocycles. The topological polar surface area (TPSA) is 52.1 Å². The fourth-order valence-corrected chi connectivity index (χ4v) is 1.83. The van der Waals surface area contributed by atoms with Gasteiger partial charge in [0.1, 0.15) is 5.69 Å². The van der Waals surface area contributed by atoms with E-state index in [1.165, 1.54) is 6.20 Å². The molecule has 6 heteroatoms. The minimum Gasteiger partial charge on any atom is -0.378 e. The summed E-state index contributed by atoms with van der Waals surface area (Å²) in [6, 6.07) is 9.13. The second-order valence-corrected chi connectivity index (χ2v) is 5.05. The van der Waals surface area contributed by atoms with Gasteiger partial charge in [0.15, 0.2) is 6.20 Å². The molecule has 0 aliphatic heterocycles. The van der Waals surface area contributed by atoms with Gasteiger partial charge >= 0.3 is 5.82 Å². The minimum absolute atomic E-state index is 0.311. The second-order valence-electron chi connectivity index (χ2n) is 4.62. The van der Waals surface area contributed by atoms with Gasteiger partial charge in [0, 0.05) is 25.8 Å². The maximum Gasteiger partial charge on any atom is 0.388 e. The van der Waals surface area contributed by atoms with Gasteiger partial charge in [0.2, 0.25) is 0 Å². The molecule has 5 nitrogen and oxygen atoms in total. The van der Waals surface area contributed by atoms with Crippen molar-refractivity contribution in [3.63, 3.8) is 0 Å². The highest BCUT2D eigenvalue weighted by molar-refractivity contribution is 6.30. The van der Waals surface area contributed by atoms with Gasteiger partial charge < -0.3 is 10.1 Å². The van der Waals surface area contributed by atoms with E-state index < -0.39 is 0 Å². The number of halogens is 1. The van der Waals surface area contributed by atoms with E-state index in [1.54, 1.807) is 12.1 Å². The number of aryl methyl sites for hydroxylation is 1. The normalized spacial score (nSPS) is 11.0. The molecule has 1 heterocycles. The first-order chi connectivity index (χ1) is 9.47. The summed E-state index contributed by atoms with van der Waals surface area (Å²) >= 11 is 5.75. The molecule has 20 heavy (non-hydrogen) atoms. The Balaban J connectivity index is 2.27. The summed E-state index contributed by atoms with van der Waals surface area (Å²) < 4.78 is 0.843. The van der Waals surface area contributed by atoms with Gasteiger partial charge in [0.05, 0.1) is 10.1 Å². The van der Waals surface area contributed by atoms with E-state index in [-0.39, 0.29) is 0 Å². The lowest BCUT2D eigenvalue weighted by atomic mass is 10.2. The van der Waals surface area contributed by atoms with Crippen LogP contribution in [0.25, 0.3) is 0 Å². The molecule has 0 atom stereocenters. The highest BCUT2D eigenvalue weighted by atomic mass is 35.5. The first-order valence-corrected chi connectivity index (χ1v) is 6.45. The number of aromatic nitrogens is 1. The third-order valence-electron chi connectivity index (χ3n) is 2.83. The molecule has 0 bridgehead atoms. The van der Waals surface area contributed by atoms with E-state index in [1.807, 2.05) is 44.1 Å². The van der Waals surface area contributed by atoms with Crippen LogP contribution in [0, 0.1) is 6.92 Å². The predicted octanol–water partition coefficient (Wildman–Crippen LogP) is 3.65. The average Bonchev–Trinajstić information content (AvgIpc) is 2.38. The number of hydrogen-bond donors (Lipinski definition) is 1. The summed E-state index contributed by atoms with van der Waals surface area (Å²) in [5, 5.41) is 18.2. The molecule has 2 aromatic rings. The second kappa shape index (κ2) is 5.88. The SMILES string of the molecule is Cc1cc(N(C)C)ccc1N=Nc1ccc(Cl)c[n+]1O. The molecule has 0 radical (unpaired) electrons. The lowest BCUT2D eigenvalue weighted by molar-refractivity contribution is -0.894. The van der Waals surface area contributed by atoms with Crippen molar-refractivity contribution >= 4 is 28.8 Å². The van der Waals surface area contributed by atoms with Crippen LogP contribution in [-0.2, 0) is 0 Å². The van der Waals surface area contributed by atoms with Crippen molar-refractivity contribution in [2.24, 2.45) is 10.2 Å². The van der Waals surface area contributed by atoms with E-state index in [0.29, 0.717) is 10.8 Å². The van der Waals surface area contributed by atoms with E-state index in [0.717, 1.165) is 21.7 Å². The van der Waals surface area contributed by atoms with Gasteiger partial charge in [-0.25, -0.2) is 0 Å². The Kier molecular flexibility index (Phi) is 4.20. The van der Waals surface area contributed by atoms with Gasteiger partial charge in [-0.3, -0.25) is 0 Å². The lowest BCUT2D eigenvalue weighted by Gasteiger charge is -2.12. The van der Waals surface area contributed by atoms with Crippen LogP contribution in [0.2, 0.25) is 5.02 Å². The van der Waals surface area contributed by atoms with Crippen molar-refractivity contribution in [3.8, 4) is 0 Å². The third kappa shape index (κ3) is 3.24. The molecule has 1 aromatic carbocycles. The summed E-state index contributed by atoms with van der Waals surface area (Å²) in [6.07, 6.45) is 1.36. The summed E-state index contributed by atoms with van der Waals surface area (Å²) in [4.78, 5) is 2.02. The maximum absolute atomic E-state index is 9.63. The van der Waals surface area contributed by atoms with E-state index in [4.69, 9.17) is 11.6 Å². The van der Waals surface area contributed by atoms with Crippen LogP contribution in [0.15, 0.2) is 46.8 Å². The van der Waals surface area contributed by atoms with Crippen molar-refractivity contribution in [2.45, 2.75) is 6.92 Å². The van der Waals surface area contributed by atoms with Gasteiger partial charge in [-0.1, -0.05) is 11.6 Å². The van der Waals surface area contributed by atoms with Crippen molar-refractivity contribution in [1.82, 2.24) is 0 Å². The monoisotopic (exact) mass is 291 g/mol. The van der Waals surface area contributed by atoms with Crippen molar-refractivity contribution < 1.29 is 9.94 Å². The maximum atomic E-state index is 9.63. The van der Waals surface area contributed by atoms with E-state index in [2.05, 4.69) is 10.2 Å². The molecule has 2 rings (SSSR count). The summed E-state index contributed by atoms with van der Waals surface area (Å²) in [5.41, 5.74) is 2.87. The quantitative estimate of drug-likeness (QED) is 0.533. The zero-order chi connectivity index (χ0) is 14.7. The highest BCUT2D eigenvalue weighted by Gasteiger charge is 2.10. The van der Waals surface area contributed by atoms with E-state index in [9.17, 15) is 5.21 Å². The molecule has 0 fully saturated rings. The number of anilines is 1. The Morgan fingerprint density at radius 3 is 2.50 bits per heavy atom. The van der Waals surface area contributed by atoms with Crippen molar-refractivity contribution in [2.75, 3.05) is 19.0 Å². The van der Waals surface area contributed by atoms with Gasteiger partial charge in [-0.15, -0.1) is 0 Å². The Hall–Kier alpha value is -2.14. The summed E-state index contributed by atoms with van der Waals surface area (Å²) in [5.74, 6) is 0.311. The molecule has 0 aliphatic carbocycles. The van der Waals surface area contributed by atoms with Gasteiger partial charge in [-0.2, -0.15) is 0 Å². The van der Waals surface area contributed by atoms with Crippen LogP contribution >= 0.6 is 11.6 Å². The number of nitrogens with zero attached hydrogens (tertiary/aromatic N) is 4. The van der Waals surface area contributed by atoms with Crippen LogP contribution in [0.3, 0.4) is 0 Å². The molecule has 0 saturated carbocycles. The van der Waals surface area contributed by atoms with Crippen molar-refractivity contribution in [1.29, 1.82) is 0 Å². The number of pyridine rings is 1. The first kappa shape index (κ1) is 14.3. The fourth-order valence-electron chi connectivity index (χ4n) is 1.67. The largest absolute Gasteiger partial charge is 0.388 e. The van der Waals surface area contributed by atoms with Gasteiger partial charge in [0.25, 0.3) is 0 Å². The molecule has 104 valence electrons. The standard InChI is InChI=1S/C14H16ClN4O/c1-10-8-12(18(2)3)5-6-13(10)16-17-14-7-4-11(15)9-19(14)20/h4-9,20H,1-3H3/q+1. The minimum atomic E-state index is 0.311. The van der Waals surface area contributed by atoms with E-state index >= 15 is 0 Å². The zero-order valence-electron chi connectivity index (χ0n) is 11.6. The summed E-state index contributed by atoms with van der Waals surface area (Å²) in [7, 11) is 3.97. The van der Waals surface area contributed by atoms with Crippen LogP contribution in [0.1, 0.15) is 5.56 Å². The molecule has 0 unspecified atom stereocenters. The molecule has 0 spiro atoms. The van der Waals surface area contributed by atoms with Crippen LogP contribution in [0.4, 0.5) is 17.2 Å². The van der Waals surface area contributed by atoms with Crippen LogP contribution in [0.5, 0.6) is 0 Å². The first-order valence-electron chi connectivity index (χ1n) is 6.07. The molecular formula is C14H16ClN4O+. The molecular weight excluding hydrogens is 276 g/mol. The molecule has 0 saturated heterocycles. The number of hydrogen-bond acceptors (Lipinski definition) is 4. The predicted molar refractivity (Wildman–Crippen MR) is 78.5 cm³/mol. The zero-order valence-corrected chi connectivity index (χ0v) is 12.3. The number of benzene rings is 1. The highest BCUT2D eigenvalue weighted by Crippen LogP contribution is 2.25. The third-order valence-corrected chi connectivity index (χ3v) is 3.05. The molecule has 0 aliphatic rings. The lowest BCUT2D eigenvalue weighted by Crippen LogP contribution is -2.29. The fraction of sp³-hybridized carbons (Fsp3) is 0.214. The summed E-state index contributed by atoms with van der Waals surface area (Å²) in [6.45, 7) is 1.97. The Labute approximate surface area is 122 Å². The van der Waals surface area contributed by atoms with Crippen molar-refractivity contribution in [3.05, 3.63) is 47.1 Å². The average molecular weight is 292 g/mol. The molecule has 0 amide bonds. The smallest absolute Gasteiger partial charge is 0.378 e. The van der Waals surface area contributed by atoms with Crippen LogP contribution < -0.4 is 9.63 Å². The molecule has 1 N–H and O–H groups in total. The number of azo groups is 1. The number of rotatable bonds is 3.